The van der Waals surface area contributed by atoms with Crippen molar-refractivity contribution in [1.29, 1.82) is 0 Å². The number of carboxylic acid groups (broad SMARTS) is 1. The molecule has 116 valence electrons. The number of thiazole rings is 1. The van der Waals surface area contributed by atoms with Gasteiger partial charge in [-0.2, -0.15) is 0 Å². The molecule has 0 spiro atoms. The molecule has 7 nitrogen and oxygen atoms in total. The highest BCUT2D eigenvalue weighted by atomic mass is 32.1. The topological polar surface area (TPSA) is 101 Å². The molecule has 0 radical (unpaired) electrons. The van der Waals surface area contributed by atoms with Crippen LogP contribution in [0.1, 0.15) is 28.3 Å². The zero-order valence-corrected chi connectivity index (χ0v) is 12.4. The van der Waals surface area contributed by atoms with Gasteiger partial charge in [0.2, 0.25) is 0 Å². The third kappa shape index (κ3) is 5.31. The number of carbonyl (C=O) groups is 2. The molecule has 8 heteroatoms. The Balaban J connectivity index is 1.61. The number of hydrogen-bond acceptors (Lipinski definition) is 5. The third-order valence-corrected chi connectivity index (χ3v) is 4.20. The zero-order chi connectivity index (χ0) is 15.1. The molecule has 0 aromatic carbocycles. The van der Waals surface area contributed by atoms with Crippen LogP contribution < -0.4 is 10.6 Å². The Kier molecular flexibility index (Phi) is 5.94. The standard InChI is InChI=1S/C13H19N3O4S/c17-12(18)10-8-21-11(16-10)1-4-14-13(19)15-7-9-2-5-20-6-3-9/h8-9H,1-7H2,(H,17,18)(H2,14,15,19). The van der Waals surface area contributed by atoms with Gasteiger partial charge in [-0.25, -0.2) is 14.6 Å². The van der Waals surface area contributed by atoms with Gasteiger partial charge in [0.1, 0.15) is 0 Å². The summed E-state index contributed by atoms with van der Waals surface area (Å²) in [7, 11) is 0. The van der Waals surface area contributed by atoms with Crippen molar-refractivity contribution < 1.29 is 19.4 Å². The van der Waals surface area contributed by atoms with Gasteiger partial charge < -0.3 is 20.5 Å². The number of urea groups is 1. The van der Waals surface area contributed by atoms with Gasteiger partial charge in [0, 0.05) is 38.1 Å². The summed E-state index contributed by atoms with van der Waals surface area (Å²) in [6.45, 7) is 2.63. The second kappa shape index (κ2) is 7.94. The van der Waals surface area contributed by atoms with Gasteiger partial charge in [0.05, 0.1) is 5.01 Å². The van der Waals surface area contributed by atoms with E-state index < -0.39 is 5.97 Å². The number of aromatic carboxylic acids is 1. The molecule has 0 atom stereocenters. The van der Waals surface area contributed by atoms with Crippen LogP contribution in [0.5, 0.6) is 0 Å². The number of aromatic nitrogens is 1. The van der Waals surface area contributed by atoms with Crippen molar-refractivity contribution in [3.63, 3.8) is 0 Å². The first-order chi connectivity index (χ1) is 10.1. The fourth-order valence-electron chi connectivity index (χ4n) is 2.06. The van der Waals surface area contributed by atoms with Gasteiger partial charge in [0.25, 0.3) is 0 Å². The molecule has 1 aromatic heterocycles. The molecule has 0 unspecified atom stereocenters. The second-order valence-electron chi connectivity index (χ2n) is 4.87. The van der Waals surface area contributed by atoms with Gasteiger partial charge in [0.15, 0.2) is 5.69 Å². The van der Waals surface area contributed by atoms with E-state index in [-0.39, 0.29) is 11.7 Å². The monoisotopic (exact) mass is 313 g/mol. The highest BCUT2D eigenvalue weighted by Gasteiger charge is 2.14. The number of carbonyl (C=O) groups excluding carboxylic acids is 1. The Labute approximate surface area is 126 Å². The SMILES string of the molecule is O=C(NCCc1nc(C(=O)O)cs1)NCC1CCOCC1. The molecular weight excluding hydrogens is 294 g/mol. The molecule has 21 heavy (non-hydrogen) atoms. The molecule has 1 aromatic rings. The highest BCUT2D eigenvalue weighted by Crippen LogP contribution is 2.13. The van der Waals surface area contributed by atoms with Crippen LogP contribution in [-0.4, -0.2) is 48.4 Å². The average molecular weight is 313 g/mol. The lowest BCUT2D eigenvalue weighted by atomic mass is 10.0. The predicted octanol–water partition coefficient (Wildman–Crippen LogP) is 1.11. The lowest BCUT2D eigenvalue weighted by Crippen LogP contribution is -2.40. The van der Waals surface area contributed by atoms with Crippen LogP contribution >= 0.6 is 11.3 Å². The molecule has 2 rings (SSSR count). The predicted molar refractivity (Wildman–Crippen MR) is 77.7 cm³/mol. The van der Waals surface area contributed by atoms with Crippen LogP contribution in [0.3, 0.4) is 0 Å². The lowest BCUT2D eigenvalue weighted by molar-refractivity contribution is 0.0669. The fraction of sp³-hybridized carbons (Fsp3) is 0.615. The van der Waals surface area contributed by atoms with E-state index in [1.165, 1.54) is 16.7 Å². The number of hydrogen-bond donors (Lipinski definition) is 3. The van der Waals surface area contributed by atoms with E-state index in [0.29, 0.717) is 30.4 Å². The molecule has 0 bridgehead atoms. The van der Waals surface area contributed by atoms with Crippen molar-refractivity contribution in [2.75, 3.05) is 26.3 Å². The Hall–Kier alpha value is -1.67. The summed E-state index contributed by atoms with van der Waals surface area (Å²) in [5, 5.41) is 16.6. The summed E-state index contributed by atoms with van der Waals surface area (Å²) < 4.78 is 5.26. The van der Waals surface area contributed by atoms with Crippen molar-refractivity contribution in [2.45, 2.75) is 19.3 Å². The third-order valence-electron chi connectivity index (χ3n) is 3.29. The molecule has 1 aliphatic heterocycles. The van der Waals surface area contributed by atoms with Crippen molar-refractivity contribution in [1.82, 2.24) is 15.6 Å². The Bertz CT molecular complexity index is 486. The van der Waals surface area contributed by atoms with Gasteiger partial charge >= 0.3 is 12.0 Å². The van der Waals surface area contributed by atoms with Crippen molar-refractivity contribution in [3.8, 4) is 0 Å². The summed E-state index contributed by atoms with van der Waals surface area (Å²) in [5.41, 5.74) is 0.0546. The zero-order valence-electron chi connectivity index (χ0n) is 11.6. The summed E-state index contributed by atoms with van der Waals surface area (Å²) in [4.78, 5) is 26.3. The average Bonchev–Trinajstić information content (AvgIpc) is 2.95. The van der Waals surface area contributed by atoms with Crippen LogP contribution in [0, 0.1) is 5.92 Å². The molecule has 0 saturated carbocycles. The molecular formula is C13H19N3O4S. The van der Waals surface area contributed by atoms with Crippen LogP contribution in [0.25, 0.3) is 0 Å². The Morgan fingerprint density at radius 2 is 2.14 bits per heavy atom. The number of ether oxygens (including phenoxy) is 1. The Morgan fingerprint density at radius 1 is 1.38 bits per heavy atom. The summed E-state index contributed by atoms with van der Waals surface area (Å²) in [6, 6.07) is -0.198. The van der Waals surface area contributed by atoms with E-state index in [2.05, 4.69) is 15.6 Å². The van der Waals surface area contributed by atoms with E-state index in [0.717, 1.165) is 26.1 Å². The van der Waals surface area contributed by atoms with Gasteiger partial charge in [-0.15, -0.1) is 11.3 Å². The summed E-state index contributed by atoms with van der Waals surface area (Å²) >= 11 is 1.29. The smallest absolute Gasteiger partial charge is 0.355 e. The molecule has 3 N–H and O–H groups in total. The second-order valence-corrected chi connectivity index (χ2v) is 5.82. The van der Waals surface area contributed by atoms with E-state index >= 15 is 0 Å². The van der Waals surface area contributed by atoms with Crippen molar-refractivity contribution in [2.24, 2.45) is 5.92 Å². The first-order valence-corrected chi connectivity index (χ1v) is 7.80. The minimum absolute atomic E-state index is 0.0546. The van der Waals surface area contributed by atoms with E-state index in [1.54, 1.807) is 0 Å². The minimum Gasteiger partial charge on any atom is -0.476 e. The maximum Gasteiger partial charge on any atom is 0.355 e. The van der Waals surface area contributed by atoms with Gasteiger partial charge in [-0.05, 0) is 18.8 Å². The normalized spacial score (nSPS) is 15.6. The van der Waals surface area contributed by atoms with Crippen molar-refractivity contribution in [3.05, 3.63) is 16.1 Å². The number of nitrogens with one attached hydrogen (secondary N) is 2. The number of amides is 2. The van der Waals surface area contributed by atoms with Crippen molar-refractivity contribution >= 4 is 23.3 Å². The highest BCUT2D eigenvalue weighted by molar-refractivity contribution is 7.09. The maximum atomic E-state index is 11.6. The number of nitrogens with zero attached hydrogens (tertiary/aromatic N) is 1. The quantitative estimate of drug-likeness (QED) is 0.730. The van der Waals surface area contributed by atoms with Crippen LogP contribution in [0.15, 0.2) is 5.38 Å². The molecule has 1 saturated heterocycles. The first-order valence-electron chi connectivity index (χ1n) is 6.92. The van der Waals surface area contributed by atoms with Crippen LogP contribution in [0.2, 0.25) is 0 Å². The largest absolute Gasteiger partial charge is 0.476 e. The molecule has 2 amide bonds. The minimum atomic E-state index is -1.03. The molecule has 2 heterocycles. The molecule has 0 aliphatic carbocycles. The van der Waals surface area contributed by atoms with E-state index in [9.17, 15) is 9.59 Å². The summed E-state index contributed by atoms with van der Waals surface area (Å²) in [6.07, 6.45) is 2.50. The van der Waals surface area contributed by atoms with Gasteiger partial charge in [-0.1, -0.05) is 0 Å². The van der Waals surface area contributed by atoms with E-state index in [4.69, 9.17) is 9.84 Å². The van der Waals surface area contributed by atoms with Gasteiger partial charge in [-0.3, -0.25) is 0 Å². The summed E-state index contributed by atoms with van der Waals surface area (Å²) in [5.74, 6) is -0.541. The Morgan fingerprint density at radius 3 is 2.81 bits per heavy atom. The van der Waals surface area contributed by atoms with Crippen LogP contribution in [0.4, 0.5) is 4.79 Å². The van der Waals surface area contributed by atoms with Crippen LogP contribution in [-0.2, 0) is 11.2 Å². The van der Waals surface area contributed by atoms with E-state index in [1.807, 2.05) is 0 Å². The molecule has 1 fully saturated rings. The lowest BCUT2D eigenvalue weighted by Gasteiger charge is -2.22. The number of carboxylic acids is 1. The maximum absolute atomic E-state index is 11.6. The number of rotatable bonds is 6. The molecule has 1 aliphatic rings. The fourth-order valence-corrected chi connectivity index (χ4v) is 2.83. The first kappa shape index (κ1) is 15.7.